The topological polar surface area (TPSA) is 34.4 Å². The highest BCUT2D eigenvalue weighted by atomic mass is 35.5. The molecule has 25 heavy (non-hydrogen) atoms. The Kier molecular flexibility index (Phi) is 5.67. The zero-order valence-corrected chi connectivity index (χ0v) is 16.8. The summed E-state index contributed by atoms with van der Waals surface area (Å²) < 4.78 is 3.30. The van der Waals surface area contributed by atoms with Gasteiger partial charge in [0, 0.05) is 22.9 Å². The number of nitrogens with zero attached hydrogens (tertiary/aromatic N) is 2. The van der Waals surface area contributed by atoms with Crippen molar-refractivity contribution in [3.63, 3.8) is 0 Å². The van der Waals surface area contributed by atoms with Crippen LogP contribution in [0.25, 0.3) is 10.2 Å². The molecular formula is C19H19ClN2OS2. The lowest BCUT2D eigenvalue weighted by Gasteiger charge is -2.06. The van der Waals surface area contributed by atoms with Crippen molar-refractivity contribution in [2.24, 2.45) is 4.99 Å². The van der Waals surface area contributed by atoms with Crippen molar-refractivity contribution in [3.8, 4) is 0 Å². The number of carbonyl (C=O) groups excluding carboxylic acids is 1. The summed E-state index contributed by atoms with van der Waals surface area (Å²) in [6.07, 6.45) is 2.08. The third-order valence-electron chi connectivity index (χ3n) is 4.09. The van der Waals surface area contributed by atoms with Gasteiger partial charge in [0.05, 0.1) is 10.2 Å². The summed E-state index contributed by atoms with van der Waals surface area (Å²) >= 11 is 9.33. The molecule has 0 spiro atoms. The van der Waals surface area contributed by atoms with Crippen LogP contribution in [0.1, 0.15) is 21.5 Å². The smallest absolute Gasteiger partial charge is 0.279 e. The van der Waals surface area contributed by atoms with Crippen molar-refractivity contribution in [2.45, 2.75) is 20.4 Å². The first-order chi connectivity index (χ1) is 12.0. The molecule has 0 aliphatic carbocycles. The van der Waals surface area contributed by atoms with E-state index in [9.17, 15) is 4.79 Å². The van der Waals surface area contributed by atoms with E-state index in [1.807, 2.05) is 0 Å². The van der Waals surface area contributed by atoms with Crippen LogP contribution < -0.4 is 4.80 Å². The number of carbonyl (C=O) groups is 1. The number of rotatable bonds is 4. The minimum absolute atomic E-state index is 0.264. The Bertz CT molecular complexity index is 1000. The molecule has 0 saturated heterocycles. The Balaban J connectivity index is 2.15. The summed E-state index contributed by atoms with van der Waals surface area (Å²) in [6.45, 7) is 5.04. The second kappa shape index (κ2) is 7.77. The average Bonchev–Trinajstić information content (AvgIpc) is 2.89. The van der Waals surface area contributed by atoms with Gasteiger partial charge in [0.25, 0.3) is 5.91 Å². The molecule has 1 heterocycles. The Labute approximate surface area is 160 Å². The molecule has 2 aromatic carbocycles. The summed E-state index contributed by atoms with van der Waals surface area (Å²) in [5.74, 6) is 0.706. The van der Waals surface area contributed by atoms with Gasteiger partial charge in [-0.15, -0.1) is 0 Å². The number of fused-ring (bicyclic) bond motifs is 1. The van der Waals surface area contributed by atoms with E-state index in [2.05, 4.69) is 41.8 Å². The lowest BCUT2D eigenvalue weighted by atomic mass is 10.1. The van der Waals surface area contributed by atoms with E-state index in [1.54, 1.807) is 47.4 Å². The van der Waals surface area contributed by atoms with Crippen molar-refractivity contribution < 1.29 is 4.79 Å². The van der Waals surface area contributed by atoms with E-state index in [0.29, 0.717) is 10.6 Å². The number of thioether (sulfide) groups is 1. The van der Waals surface area contributed by atoms with E-state index in [0.717, 1.165) is 27.3 Å². The van der Waals surface area contributed by atoms with E-state index < -0.39 is 0 Å². The van der Waals surface area contributed by atoms with Crippen LogP contribution in [0.5, 0.6) is 0 Å². The lowest BCUT2D eigenvalue weighted by molar-refractivity contribution is 0.0998. The van der Waals surface area contributed by atoms with Crippen LogP contribution in [0.3, 0.4) is 0 Å². The van der Waals surface area contributed by atoms with Crippen LogP contribution in [0.4, 0.5) is 0 Å². The third-order valence-corrected chi connectivity index (χ3v) is 5.95. The minimum atomic E-state index is -0.264. The minimum Gasteiger partial charge on any atom is -0.315 e. The second-order valence-corrected chi connectivity index (χ2v) is 8.29. The van der Waals surface area contributed by atoms with Gasteiger partial charge in [0.2, 0.25) is 0 Å². The summed E-state index contributed by atoms with van der Waals surface area (Å²) in [7, 11) is 0. The Hall–Kier alpha value is -1.56. The van der Waals surface area contributed by atoms with Gasteiger partial charge in [-0.25, -0.2) is 0 Å². The molecule has 130 valence electrons. The standard InChI is InChI=1S/C19H19ClN2OS2/c1-12-9-16-17(10-13(12)2)25-19(22(16)7-8-24-3)21-18(23)14-5-4-6-15(20)11-14/h4-6,9-11H,7-8H2,1-3H3. The van der Waals surface area contributed by atoms with Crippen molar-refractivity contribution in [1.29, 1.82) is 0 Å². The maximum absolute atomic E-state index is 12.6. The van der Waals surface area contributed by atoms with Gasteiger partial charge in [-0.05, 0) is 61.6 Å². The highest BCUT2D eigenvalue weighted by Gasteiger charge is 2.11. The quantitative estimate of drug-likeness (QED) is 0.622. The van der Waals surface area contributed by atoms with Gasteiger partial charge >= 0.3 is 0 Å². The van der Waals surface area contributed by atoms with Crippen LogP contribution in [-0.4, -0.2) is 22.5 Å². The molecule has 6 heteroatoms. The Morgan fingerprint density at radius 3 is 2.72 bits per heavy atom. The predicted molar refractivity (Wildman–Crippen MR) is 109 cm³/mol. The number of halogens is 1. The van der Waals surface area contributed by atoms with Crippen molar-refractivity contribution in [1.82, 2.24) is 4.57 Å². The fourth-order valence-electron chi connectivity index (χ4n) is 2.58. The molecular weight excluding hydrogens is 372 g/mol. The van der Waals surface area contributed by atoms with Crippen molar-refractivity contribution in [2.75, 3.05) is 12.0 Å². The predicted octanol–water partition coefficient (Wildman–Crippen LogP) is 5.08. The molecule has 0 fully saturated rings. The highest BCUT2D eigenvalue weighted by molar-refractivity contribution is 7.98. The highest BCUT2D eigenvalue weighted by Crippen LogP contribution is 2.22. The molecule has 1 amide bonds. The first-order valence-corrected chi connectivity index (χ1v) is 10.5. The Morgan fingerprint density at radius 1 is 1.24 bits per heavy atom. The van der Waals surface area contributed by atoms with E-state index in [1.165, 1.54) is 11.1 Å². The zero-order chi connectivity index (χ0) is 18.0. The third kappa shape index (κ3) is 4.00. The number of hydrogen-bond acceptors (Lipinski definition) is 3. The van der Waals surface area contributed by atoms with Crippen molar-refractivity contribution in [3.05, 3.63) is 62.9 Å². The fraction of sp³-hybridized carbons (Fsp3) is 0.263. The number of amides is 1. The maximum atomic E-state index is 12.6. The van der Waals surface area contributed by atoms with Gasteiger partial charge in [-0.1, -0.05) is 29.0 Å². The summed E-state index contributed by atoms with van der Waals surface area (Å²) in [4.78, 5) is 17.7. The normalized spacial score (nSPS) is 12.1. The van der Waals surface area contributed by atoms with Crippen LogP contribution in [0, 0.1) is 13.8 Å². The average molecular weight is 391 g/mol. The molecule has 0 saturated carbocycles. The van der Waals surface area contributed by atoms with Gasteiger partial charge in [0.1, 0.15) is 0 Å². The van der Waals surface area contributed by atoms with Gasteiger partial charge in [-0.3, -0.25) is 4.79 Å². The molecule has 3 aromatic rings. The molecule has 0 radical (unpaired) electrons. The molecule has 0 N–H and O–H groups in total. The number of hydrogen-bond donors (Lipinski definition) is 0. The molecule has 1 aromatic heterocycles. The number of aromatic nitrogens is 1. The van der Waals surface area contributed by atoms with Crippen LogP contribution >= 0.6 is 34.7 Å². The summed E-state index contributed by atoms with van der Waals surface area (Å²) in [5.41, 5.74) is 4.14. The first kappa shape index (κ1) is 18.2. The van der Waals surface area contributed by atoms with Crippen molar-refractivity contribution >= 4 is 50.8 Å². The lowest BCUT2D eigenvalue weighted by Crippen LogP contribution is -2.18. The van der Waals surface area contributed by atoms with Crippen LogP contribution in [-0.2, 0) is 6.54 Å². The zero-order valence-electron chi connectivity index (χ0n) is 14.4. The monoisotopic (exact) mass is 390 g/mol. The van der Waals surface area contributed by atoms with Gasteiger partial charge < -0.3 is 4.57 Å². The SMILES string of the molecule is CSCCn1c(=NC(=O)c2cccc(Cl)c2)sc2cc(C)c(C)cc21. The molecule has 3 rings (SSSR count). The largest absolute Gasteiger partial charge is 0.315 e. The van der Waals surface area contributed by atoms with E-state index in [-0.39, 0.29) is 5.91 Å². The Morgan fingerprint density at radius 2 is 2.00 bits per heavy atom. The summed E-state index contributed by atoms with van der Waals surface area (Å²) in [6, 6.07) is 11.3. The molecule has 0 aliphatic heterocycles. The number of aryl methyl sites for hydroxylation is 3. The molecule has 3 nitrogen and oxygen atoms in total. The van der Waals surface area contributed by atoms with E-state index >= 15 is 0 Å². The molecule has 0 bridgehead atoms. The second-order valence-electron chi connectivity index (χ2n) is 5.86. The number of thiazole rings is 1. The number of benzene rings is 2. The van der Waals surface area contributed by atoms with Gasteiger partial charge in [0.15, 0.2) is 4.80 Å². The van der Waals surface area contributed by atoms with Crippen LogP contribution in [0.15, 0.2) is 41.4 Å². The van der Waals surface area contributed by atoms with Gasteiger partial charge in [-0.2, -0.15) is 16.8 Å². The maximum Gasteiger partial charge on any atom is 0.279 e. The summed E-state index contributed by atoms with van der Waals surface area (Å²) in [5, 5.41) is 0.541. The molecule has 0 aliphatic rings. The molecule has 0 unspecified atom stereocenters. The molecule has 0 atom stereocenters. The first-order valence-electron chi connectivity index (χ1n) is 7.94. The van der Waals surface area contributed by atoms with Crippen LogP contribution in [0.2, 0.25) is 5.02 Å². The van der Waals surface area contributed by atoms with E-state index in [4.69, 9.17) is 11.6 Å². The fourth-order valence-corrected chi connectivity index (χ4v) is 4.27.